The van der Waals surface area contributed by atoms with E-state index in [4.69, 9.17) is 0 Å². The maximum Gasteiger partial charge on any atom is 0.264 e. The summed E-state index contributed by atoms with van der Waals surface area (Å²) >= 11 is 3.42. The summed E-state index contributed by atoms with van der Waals surface area (Å²) in [5, 5.41) is 4.91. The minimum absolute atomic E-state index is 0.0898. The zero-order valence-corrected chi connectivity index (χ0v) is 16.1. The fourth-order valence-electron chi connectivity index (χ4n) is 2.89. The summed E-state index contributed by atoms with van der Waals surface area (Å²) in [6.07, 6.45) is 3.18. The van der Waals surface area contributed by atoms with Gasteiger partial charge in [-0.2, -0.15) is 5.10 Å². The molecule has 0 aliphatic rings. The van der Waals surface area contributed by atoms with Crippen LogP contribution in [-0.2, 0) is 6.54 Å². The molecule has 4 rings (SSSR count). The van der Waals surface area contributed by atoms with E-state index >= 15 is 0 Å². The molecule has 0 aliphatic heterocycles. The Morgan fingerprint density at radius 2 is 1.81 bits per heavy atom. The molecule has 0 saturated carbocycles. The summed E-state index contributed by atoms with van der Waals surface area (Å²) in [5.41, 5.74) is 4.82. The molecule has 130 valence electrons. The van der Waals surface area contributed by atoms with Crippen molar-refractivity contribution in [1.82, 2.24) is 19.3 Å². The number of hydrogen-bond acceptors (Lipinski definition) is 3. The van der Waals surface area contributed by atoms with E-state index in [9.17, 15) is 4.79 Å². The first-order valence-corrected chi connectivity index (χ1v) is 9.07. The first-order valence-electron chi connectivity index (χ1n) is 8.28. The Bertz CT molecular complexity index is 1160. The van der Waals surface area contributed by atoms with Gasteiger partial charge in [0.1, 0.15) is 11.7 Å². The van der Waals surface area contributed by atoms with Crippen molar-refractivity contribution in [2.75, 3.05) is 0 Å². The molecule has 0 atom stereocenters. The normalized spacial score (nSPS) is 11.2. The summed E-state index contributed by atoms with van der Waals surface area (Å²) in [7, 11) is 0. The molecule has 0 amide bonds. The van der Waals surface area contributed by atoms with E-state index in [1.165, 1.54) is 11.1 Å². The Labute approximate surface area is 159 Å². The van der Waals surface area contributed by atoms with Crippen molar-refractivity contribution in [3.8, 4) is 5.69 Å². The molecule has 26 heavy (non-hydrogen) atoms. The molecule has 0 spiro atoms. The standard InChI is InChI=1S/C20H17BrN4O/c1-13-3-8-17(9-14(13)2)25-19-18(10-23-25)20(26)24(12-22-19)11-15-4-6-16(21)7-5-15/h3-10,12H,11H2,1-2H3. The molecular weight excluding hydrogens is 392 g/mol. The molecular formula is C20H17BrN4O. The molecule has 0 unspecified atom stereocenters. The highest BCUT2D eigenvalue weighted by molar-refractivity contribution is 9.10. The lowest BCUT2D eigenvalue weighted by molar-refractivity contribution is 0.745. The second-order valence-electron chi connectivity index (χ2n) is 6.37. The van der Waals surface area contributed by atoms with Gasteiger partial charge in [0.15, 0.2) is 5.65 Å². The molecule has 0 radical (unpaired) electrons. The smallest absolute Gasteiger partial charge is 0.264 e. The summed E-state index contributed by atoms with van der Waals surface area (Å²) in [6, 6.07) is 14.0. The van der Waals surface area contributed by atoms with E-state index in [2.05, 4.69) is 45.9 Å². The van der Waals surface area contributed by atoms with Gasteiger partial charge in [-0.3, -0.25) is 9.36 Å². The number of aromatic nitrogens is 4. The number of halogens is 1. The lowest BCUT2D eigenvalue weighted by Gasteiger charge is -2.08. The molecule has 2 aromatic heterocycles. The van der Waals surface area contributed by atoms with Gasteiger partial charge in [0.25, 0.3) is 5.56 Å². The Morgan fingerprint density at radius 1 is 1.04 bits per heavy atom. The largest absolute Gasteiger partial charge is 0.294 e. The van der Waals surface area contributed by atoms with Crippen molar-refractivity contribution in [2.24, 2.45) is 0 Å². The number of rotatable bonds is 3. The zero-order chi connectivity index (χ0) is 18.3. The Morgan fingerprint density at radius 3 is 2.54 bits per heavy atom. The van der Waals surface area contributed by atoms with Gasteiger partial charge in [-0.1, -0.05) is 34.1 Å². The predicted octanol–water partition coefficient (Wildman–Crippen LogP) is 4.01. The van der Waals surface area contributed by atoms with Gasteiger partial charge >= 0.3 is 0 Å². The van der Waals surface area contributed by atoms with E-state index in [0.29, 0.717) is 17.6 Å². The summed E-state index contributed by atoms with van der Waals surface area (Å²) in [5.74, 6) is 0. The van der Waals surface area contributed by atoms with Gasteiger partial charge in [-0.05, 0) is 54.8 Å². The lowest BCUT2D eigenvalue weighted by atomic mass is 10.1. The minimum Gasteiger partial charge on any atom is -0.294 e. The number of nitrogens with zero attached hydrogens (tertiary/aromatic N) is 4. The molecule has 0 bridgehead atoms. The second-order valence-corrected chi connectivity index (χ2v) is 7.28. The van der Waals surface area contributed by atoms with Crippen LogP contribution in [0.15, 0.2) is 64.3 Å². The average molecular weight is 409 g/mol. The first kappa shape index (κ1) is 16.7. The number of hydrogen-bond donors (Lipinski definition) is 0. The van der Waals surface area contributed by atoms with Crippen molar-refractivity contribution in [1.29, 1.82) is 0 Å². The monoisotopic (exact) mass is 408 g/mol. The van der Waals surface area contributed by atoms with Crippen LogP contribution in [-0.4, -0.2) is 19.3 Å². The van der Waals surface area contributed by atoms with Crippen LogP contribution in [0.3, 0.4) is 0 Å². The third-order valence-corrected chi connectivity index (χ3v) is 5.08. The third-order valence-electron chi connectivity index (χ3n) is 4.56. The topological polar surface area (TPSA) is 52.7 Å². The molecule has 2 heterocycles. The quantitative estimate of drug-likeness (QED) is 0.514. The fourth-order valence-corrected chi connectivity index (χ4v) is 3.16. The molecule has 0 N–H and O–H groups in total. The van der Waals surface area contributed by atoms with Gasteiger partial charge in [0.2, 0.25) is 0 Å². The van der Waals surface area contributed by atoms with Crippen molar-refractivity contribution < 1.29 is 0 Å². The minimum atomic E-state index is -0.0898. The van der Waals surface area contributed by atoms with Crippen LogP contribution in [0.4, 0.5) is 0 Å². The molecule has 0 saturated heterocycles. The highest BCUT2D eigenvalue weighted by Gasteiger charge is 2.12. The van der Waals surface area contributed by atoms with E-state index in [1.54, 1.807) is 21.8 Å². The SMILES string of the molecule is Cc1ccc(-n2ncc3c(=O)n(Cc4ccc(Br)cc4)cnc32)cc1C. The number of benzene rings is 2. The van der Waals surface area contributed by atoms with Gasteiger partial charge in [0, 0.05) is 4.47 Å². The van der Waals surface area contributed by atoms with Gasteiger partial charge in [-0.15, -0.1) is 0 Å². The summed E-state index contributed by atoms with van der Waals surface area (Å²) in [6.45, 7) is 4.60. The van der Waals surface area contributed by atoms with Crippen molar-refractivity contribution in [3.05, 3.63) is 86.5 Å². The second kappa shape index (κ2) is 6.53. The lowest BCUT2D eigenvalue weighted by Crippen LogP contribution is -2.21. The maximum atomic E-state index is 12.8. The Kier molecular flexibility index (Phi) is 4.20. The maximum absolute atomic E-state index is 12.8. The van der Waals surface area contributed by atoms with Crippen molar-refractivity contribution in [3.63, 3.8) is 0 Å². The highest BCUT2D eigenvalue weighted by atomic mass is 79.9. The van der Waals surface area contributed by atoms with Crippen molar-refractivity contribution >= 4 is 27.0 Å². The van der Waals surface area contributed by atoms with Gasteiger partial charge < -0.3 is 0 Å². The predicted molar refractivity (Wildman–Crippen MR) is 106 cm³/mol. The fraction of sp³-hybridized carbons (Fsp3) is 0.150. The Hall–Kier alpha value is -2.73. The Balaban J connectivity index is 1.76. The van der Waals surface area contributed by atoms with Crippen LogP contribution in [0.2, 0.25) is 0 Å². The molecule has 4 aromatic rings. The van der Waals surface area contributed by atoms with E-state index < -0.39 is 0 Å². The molecule has 6 heteroatoms. The first-order chi connectivity index (χ1) is 12.5. The summed E-state index contributed by atoms with van der Waals surface area (Å²) < 4.78 is 4.34. The zero-order valence-electron chi connectivity index (χ0n) is 14.5. The average Bonchev–Trinajstić information content (AvgIpc) is 3.06. The highest BCUT2D eigenvalue weighted by Crippen LogP contribution is 2.17. The number of aryl methyl sites for hydroxylation is 2. The van der Waals surface area contributed by atoms with E-state index in [-0.39, 0.29) is 5.56 Å². The molecule has 0 fully saturated rings. The van der Waals surface area contributed by atoms with E-state index in [0.717, 1.165) is 15.7 Å². The van der Waals surface area contributed by atoms with Crippen LogP contribution in [0.25, 0.3) is 16.7 Å². The van der Waals surface area contributed by atoms with Crippen LogP contribution < -0.4 is 5.56 Å². The van der Waals surface area contributed by atoms with Crippen LogP contribution >= 0.6 is 15.9 Å². The molecule has 5 nitrogen and oxygen atoms in total. The third kappa shape index (κ3) is 2.97. The van der Waals surface area contributed by atoms with Gasteiger partial charge in [-0.25, -0.2) is 9.67 Å². The molecule has 0 aliphatic carbocycles. The van der Waals surface area contributed by atoms with Gasteiger partial charge in [0.05, 0.1) is 18.4 Å². The van der Waals surface area contributed by atoms with Crippen LogP contribution in [0, 0.1) is 13.8 Å². The van der Waals surface area contributed by atoms with Crippen LogP contribution in [0.5, 0.6) is 0 Å². The number of fused-ring (bicyclic) bond motifs is 1. The van der Waals surface area contributed by atoms with Crippen LogP contribution in [0.1, 0.15) is 16.7 Å². The van der Waals surface area contributed by atoms with Crippen molar-refractivity contribution in [2.45, 2.75) is 20.4 Å². The van der Waals surface area contributed by atoms with E-state index in [1.807, 2.05) is 36.4 Å². The summed E-state index contributed by atoms with van der Waals surface area (Å²) in [4.78, 5) is 17.3. The molecule has 2 aromatic carbocycles.